The zero-order chi connectivity index (χ0) is 13.3. The number of benzene rings is 1. The monoisotopic (exact) mass is 339 g/mol. The average Bonchev–Trinajstić information content (AvgIpc) is 2.58. The largest absolute Gasteiger partial charge is 0.309 e. The van der Waals surface area contributed by atoms with E-state index in [2.05, 4.69) is 5.32 Å². The Morgan fingerprint density at radius 2 is 1.61 bits per heavy atom. The lowest BCUT2D eigenvalue weighted by atomic mass is 10.0. The molecule has 1 unspecified atom stereocenters. The fraction of sp³-hybridized carbons (Fsp3) is 0.167. The highest BCUT2D eigenvalue weighted by atomic mass is 35.5. The van der Waals surface area contributed by atoms with Crippen LogP contribution in [0.25, 0.3) is 0 Å². The van der Waals surface area contributed by atoms with Crippen LogP contribution in [-0.2, 0) is 0 Å². The van der Waals surface area contributed by atoms with E-state index in [0.29, 0.717) is 18.7 Å². The molecule has 0 aliphatic heterocycles. The van der Waals surface area contributed by atoms with Crippen LogP contribution < -0.4 is 5.32 Å². The molecule has 0 aliphatic carbocycles. The molecule has 0 radical (unpaired) electrons. The van der Waals surface area contributed by atoms with E-state index in [1.54, 1.807) is 6.07 Å². The molecule has 0 saturated heterocycles. The molecule has 96 valence electrons. The number of nitrogens with one attached hydrogen (secondary N) is 1. The normalized spacial score (nSPS) is 12.7. The molecule has 6 heteroatoms. The summed E-state index contributed by atoms with van der Waals surface area (Å²) in [6.45, 7) is 0. The van der Waals surface area contributed by atoms with Crippen molar-refractivity contribution in [3.8, 4) is 0 Å². The molecule has 0 spiro atoms. The van der Waals surface area contributed by atoms with E-state index in [9.17, 15) is 0 Å². The van der Waals surface area contributed by atoms with Gasteiger partial charge in [-0.25, -0.2) is 0 Å². The molecule has 1 heterocycles. The fourth-order valence-corrected chi connectivity index (χ4v) is 3.87. The maximum absolute atomic E-state index is 6.18. The summed E-state index contributed by atoms with van der Waals surface area (Å²) < 4.78 is 1.32. The highest BCUT2D eigenvalue weighted by molar-refractivity contribution is 7.20. The van der Waals surface area contributed by atoms with Crippen LogP contribution in [-0.4, -0.2) is 7.05 Å². The van der Waals surface area contributed by atoms with Crippen LogP contribution in [0.5, 0.6) is 0 Å². The first-order valence-corrected chi connectivity index (χ1v) is 7.42. The maximum atomic E-state index is 6.18. The van der Waals surface area contributed by atoms with Gasteiger partial charge in [0.1, 0.15) is 0 Å². The summed E-state index contributed by atoms with van der Waals surface area (Å²) in [5, 5.41) is 4.38. The van der Waals surface area contributed by atoms with Crippen LogP contribution in [0.4, 0.5) is 0 Å². The maximum Gasteiger partial charge on any atom is 0.0995 e. The number of halogens is 4. The highest BCUT2D eigenvalue weighted by Gasteiger charge is 2.18. The van der Waals surface area contributed by atoms with Crippen LogP contribution >= 0.6 is 57.7 Å². The number of hydrogen-bond donors (Lipinski definition) is 1. The van der Waals surface area contributed by atoms with Crippen LogP contribution in [0, 0.1) is 0 Å². The molecule has 1 nitrogen and oxygen atoms in total. The van der Waals surface area contributed by atoms with Gasteiger partial charge in [0.15, 0.2) is 0 Å². The molecule has 1 atom stereocenters. The van der Waals surface area contributed by atoms with Crippen LogP contribution in [0.2, 0.25) is 18.7 Å². The molecule has 18 heavy (non-hydrogen) atoms. The van der Waals surface area contributed by atoms with Crippen molar-refractivity contribution < 1.29 is 0 Å². The Morgan fingerprint density at radius 3 is 2.06 bits per heavy atom. The Kier molecular flexibility index (Phi) is 4.81. The molecule has 2 aromatic rings. The van der Waals surface area contributed by atoms with E-state index in [-0.39, 0.29) is 6.04 Å². The van der Waals surface area contributed by atoms with Gasteiger partial charge >= 0.3 is 0 Å². The highest BCUT2D eigenvalue weighted by Crippen LogP contribution is 2.38. The summed E-state index contributed by atoms with van der Waals surface area (Å²) in [6.07, 6.45) is 0. The van der Waals surface area contributed by atoms with Crippen molar-refractivity contribution in [1.29, 1.82) is 0 Å². The van der Waals surface area contributed by atoms with Gasteiger partial charge in [-0.3, -0.25) is 0 Å². The predicted octanol–water partition coefficient (Wildman–Crippen LogP) is 5.67. The van der Waals surface area contributed by atoms with Crippen LogP contribution in [0.15, 0.2) is 24.3 Å². The van der Waals surface area contributed by atoms with Gasteiger partial charge < -0.3 is 5.32 Å². The molecule has 1 aromatic heterocycles. The van der Waals surface area contributed by atoms with Gasteiger partial charge in [-0.15, -0.1) is 11.3 Å². The smallest absolute Gasteiger partial charge is 0.0995 e. The first-order valence-electron chi connectivity index (χ1n) is 5.09. The second kappa shape index (κ2) is 6.00. The van der Waals surface area contributed by atoms with Crippen molar-refractivity contribution in [2.75, 3.05) is 7.05 Å². The molecule has 0 amide bonds. The summed E-state index contributed by atoms with van der Waals surface area (Å²) in [5.74, 6) is 0. The average molecular weight is 341 g/mol. The topological polar surface area (TPSA) is 12.0 Å². The van der Waals surface area contributed by atoms with Crippen molar-refractivity contribution in [3.63, 3.8) is 0 Å². The van der Waals surface area contributed by atoms with Gasteiger partial charge in [-0.05, 0) is 36.9 Å². The SMILES string of the molecule is CNC(c1cc(Cl)cc(Cl)c1)c1cc(Cl)sc1Cl. The third-order valence-electron chi connectivity index (χ3n) is 2.50. The number of rotatable bonds is 3. The van der Waals surface area contributed by atoms with E-state index in [1.165, 1.54) is 11.3 Å². The Bertz CT molecular complexity index is 547. The van der Waals surface area contributed by atoms with Gasteiger partial charge in [0.2, 0.25) is 0 Å². The molecular formula is C12H9Cl4NS. The lowest BCUT2D eigenvalue weighted by Crippen LogP contribution is -2.17. The summed E-state index contributed by atoms with van der Waals surface area (Å²) in [5.41, 5.74) is 1.87. The third-order valence-corrected chi connectivity index (χ3v) is 4.46. The second-order valence-electron chi connectivity index (χ2n) is 3.70. The predicted molar refractivity (Wildman–Crippen MR) is 81.7 cm³/mol. The van der Waals surface area contributed by atoms with E-state index < -0.39 is 0 Å². The van der Waals surface area contributed by atoms with Gasteiger partial charge in [-0.1, -0.05) is 46.4 Å². The minimum Gasteiger partial charge on any atom is -0.309 e. The molecule has 1 aromatic carbocycles. The van der Waals surface area contributed by atoms with E-state index in [0.717, 1.165) is 11.1 Å². The van der Waals surface area contributed by atoms with Crippen LogP contribution in [0.3, 0.4) is 0 Å². The second-order valence-corrected chi connectivity index (χ2v) is 6.86. The lowest BCUT2D eigenvalue weighted by molar-refractivity contribution is 0.694. The summed E-state index contributed by atoms with van der Waals surface area (Å²) in [6, 6.07) is 7.18. The van der Waals surface area contributed by atoms with E-state index in [1.807, 2.05) is 25.2 Å². The van der Waals surface area contributed by atoms with Gasteiger partial charge in [-0.2, -0.15) is 0 Å². The molecule has 0 fully saturated rings. The van der Waals surface area contributed by atoms with E-state index in [4.69, 9.17) is 46.4 Å². The minimum absolute atomic E-state index is 0.0857. The Hall–Kier alpha value is 0.0400. The molecular weight excluding hydrogens is 332 g/mol. The zero-order valence-electron chi connectivity index (χ0n) is 9.31. The van der Waals surface area contributed by atoms with Gasteiger partial charge in [0.25, 0.3) is 0 Å². The van der Waals surface area contributed by atoms with Crippen LogP contribution in [0.1, 0.15) is 17.2 Å². The first-order chi connectivity index (χ1) is 8.51. The van der Waals surface area contributed by atoms with E-state index >= 15 is 0 Å². The summed E-state index contributed by atoms with van der Waals surface area (Å²) >= 11 is 25.5. The first kappa shape index (κ1) is 14.4. The van der Waals surface area contributed by atoms with Crippen molar-refractivity contribution in [3.05, 3.63) is 54.1 Å². The zero-order valence-corrected chi connectivity index (χ0v) is 13.1. The van der Waals surface area contributed by atoms with Gasteiger partial charge in [0.05, 0.1) is 14.7 Å². The van der Waals surface area contributed by atoms with Crippen molar-refractivity contribution in [2.24, 2.45) is 0 Å². The van der Waals surface area contributed by atoms with Crippen molar-refractivity contribution >= 4 is 57.7 Å². The summed E-state index contributed by atoms with van der Waals surface area (Å²) in [7, 11) is 1.85. The molecule has 2 rings (SSSR count). The Balaban J connectivity index is 2.48. The molecule has 0 saturated carbocycles. The van der Waals surface area contributed by atoms with Crippen molar-refractivity contribution in [2.45, 2.75) is 6.04 Å². The fourth-order valence-electron chi connectivity index (χ4n) is 1.79. The molecule has 0 bridgehead atoms. The van der Waals surface area contributed by atoms with Gasteiger partial charge in [0, 0.05) is 15.6 Å². The molecule has 1 N–H and O–H groups in total. The number of hydrogen-bond acceptors (Lipinski definition) is 2. The lowest BCUT2D eigenvalue weighted by Gasteiger charge is -2.17. The summed E-state index contributed by atoms with van der Waals surface area (Å²) in [4.78, 5) is 0. The number of thiophene rings is 1. The Labute approximate surface area is 130 Å². The standard InChI is InChI=1S/C12H9Cl4NS/c1-17-11(9-5-10(15)18-12(9)16)6-2-7(13)4-8(14)3-6/h2-5,11,17H,1H3. The van der Waals surface area contributed by atoms with Crippen molar-refractivity contribution in [1.82, 2.24) is 5.32 Å². The third kappa shape index (κ3) is 3.13. The Morgan fingerprint density at radius 1 is 1.00 bits per heavy atom. The molecule has 0 aliphatic rings. The quantitative estimate of drug-likeness (QED) is 0.758. The minimum atomic E-state index is -0.0857.